The molecule has 1 amide bonds. The minimum absolute atomic E-state index is 0.210. The van der Waals surface area contributed by atoms with Gasteiger partial charge in [0.25, 0.3) is 0 Å². The van der Waals surface area contributed by atoms with Gasteiger partial charge in [-0.2, -0.15) is 0 Å². The zero-order valence-electron chi connectivity index (χ0n) is 12.6. The molecular formula is C15H20N6O. The first-order valence-corrected chi connectivity index (χ1v) is 7.46. The first-order chi connectivity index (χ1) is 10.6. The quantitative estimate of drug-likeness (QED) is 0.844. The molecule has 2 aromatic rings. The molecule has 7 nitrogen and oxygen atoms in total. The number of nitrogens with one attached hydrogen (secondary N) is 1. The van der Waals surface area contributed by atoms with Crippen molar-refractivity contribution in [1.82, 2.24) is 20.3 Å². The fourth-order valence-electron chi connectivity index (χ4n) is 3.06. The zero-order chi connectivity index (χ0) is 15.5. The summed E-state index contributed by atoms with van der Waals surface area (Å²) in [4.78, 5) is 26.2. The molecule has 1 aliphatic rings. The smallest absolute Gasteiger partial charge is 0.231 e. The monoisotopic (exact) mass is 300 g/mol. The molecule has 0 spiro atoms. The molecule has 7 heteroatoms. The Labute approximate surface area is 128 Å². The summed E-state index contributed by atoms with van der Waals surface area (Å²) in [7, 11) is 0. The van der Waals surface area contributed by atoms with E-state index >= 15 is 0 Å². The Morgan fingerprint density at radius 1 is 1.32 bits per heavy atom. The number of pyridine rings is 1. The van der Waals surface area contributed by atoms with Crippen molar-refractivity contribution >= 4 is 22.8 Å². The number of carbonyl (C=O) groups excluding carboxylic acids is 1. The highest BCUT2D eigenvalue weighted by molar-refractivity contribution is 5.85. The molecule has 3 rings (SSSR count). The van der Waals surface area contributed by atoms with Crippen LogP contribution in [0.4, 0.5) is 5.69 Å². The predicted octanol–water partition coefficient (Wildman–Crippen LogP) is 0.315. The number of hydrogen-bond acceptors (Lipinski definition) is 6. The highest BCUT2D eigenvalue weighted by Gasteiger charge is 2.26. The third kappa shape index (κ3) is 3.14. The number of aromatic nitrogens is 3. The lowest BCUT2D eigenvalue weighted by molar-refractivity contribution is -0.117. The second kappa shape index (κ2) is 6.23. The summed E-state index contributed by atoms with van der Waals surface area (Å²) >= 11 is 0. The molecular weight excluding hydrogens is 280 g/mol. The molecule has 1 aliphatic heterocycles. The average molecular weight is 300 g/mol. The molecule has 0 saturated carbocycles. The first-order valence-electron chi connectivity index (χ1n) is 7.46. The Balaban J connectivity index is 1.84. The van der Waals surface area contributed by atoms with Crippen LogP contribution >= 0.6 is 0 Å². The number of amides is 1. The van der Waals surface area contributed by atoms with Crippen LogP contribution in [-0.2, 0) is 4.79 Å². The highest BCUT2D eigenvalue weighted by atomic mass is 16.1. The van der Waals surface area contributed by atoms with Crippen molar-refractivity contribution in [1.29, 1.82) is 0 Å². The fraction of sp³-hybridized carbons (Fsp3) is 0.467. The standard InChI is InChI=1S/C15H20N6O/c1-10-6-11(20-7-13(16)22)9-21(8-10)12-2-3-18-15-14(12)17-4-5-19-15/h2-5,10-11,20H,6-9H2,1H3,(H2,16,22)/t10-,11+/m0/s1. The highest BCUT2D eigenvalue weighted by Crippen LogP contribution is 2.27. The number of primary amides is 1. The minimum Gasteiger partial charge on any atom is -0.369 e. The van der Waals surface area contributed by atoms with Crippen molar-refractivity contribution in [3.63, 3.8) is 0 Å². The van der Waals surface area contributed by atoms with Gasteiger partial charge in [0, 0.05) is 37.7 Å². The molecule has 0 unspecified atom stereocenters. The van der Waals surface area contributed by atoms with E-state index in [0.717, 1.165) is 30.7 Å². The Hall–Kier alpha value is -2.28. The summed E-state index contributed by atoms with van der Waals surface area (Å²) in [6.07, 6.45) is 6.12. The van der Waals surface area contributed by atoms with Crippen LogP contribution in [0.1, 0.15) is 13.3 Å². The topological polar surface area (TPSA) is 97.0 Å². The summed E-state index contributed by atoms with van der Waals surface area (Å²) in [6.45, 7) is 4.18. The SMILES string of the molecule is C[C@H]1C[C@@H](NCC(N)=O)CN(c2ccnc3nccnc23)C1. The van der Waals surface area contributed by atoms with E-state index in [1.54, 1.807) is 18.6 Å². The number of carbonyl (C=O) groups is 1. The summed E-state index contributed by atoms with van der Waals surface area (Å²) < 4.78 is 0. The molecule has 1 fully saturated rings. The molecule has 0 radical (unpaired) electrons. The van der Waals surface area contributed by atoms with Gasteiger partial charge >= 0.3 is 0 Å². The minimum atomic E-state index is -0.329. The van der Waals surface area contributed by atoms with Gasteiger partial charge in [-0.3, -0.25) is 4.79 Å². The van der Waals surface area contributed by atoms with Gasteiger partial charge in [-0.25, -0.2) is 15.0 Å². The third-order valence-electron chi connectivity index (χ3n) is 3.92. The van der Waals surface area contributed by atoms with Crippen LogP contribution in [0.3, 0.4) is 0 Å². The number of nitrogens with two attached hydrogens (primary N) is 1. The maximum Gasteiger partial charge on any atom is 0.231 e. The van der Waals surface area contributed by atoms with E-state index in [9.17, 15) is 4.79 Å². The van der Waals surface area contributed by atoms with Crippen molar-refractivity contribution in [3.8, 4) is 0 Å². The third-order valence-corrected chi connectivity index (χ3v) is 3.92. The number of piperidine rings is 1. The molecule has 2 aromatic heterocycles. The van der Waals surface area contributed by atoms with Crippen LogP contribution in [0.25, 0.3) is 11.2 Å². The number of anilines is 1. The normalized spacial score (nSPS) is 22.0. The van der Waals surface area contributed by atoms with Gasteiger partial charge in [-0.15, -0.1) is 0 Å². The summed E-state index contributed by atoms with van der Waals surface area (Å²) in [6, 6.07) is 2.20. The van der Waals surface area contributed by atoms with E-state index in [1.165, 1.54) is 0 Å². The summed E-state index contributed by atoms with van der Waals surface area (Å²) in [5.74, 6) is 0.184. The summed E-state index contributed by atoms with van der Waals surface area (Å²) in [5.41, 5.74) is 7.73. The van der Waals surface area contributed by atoms with Crippen LogP contribution in [-0.4, -0.2) is 46.5 Å². The van der Waals surface area contributed by atoms with Gasteiger partial charge < -0.3 is 16.0 Å². The van der Waals surface area contributed by atoms with Crippen molar-refractivity contribution in [2.45, 2.75) is 19.4 Å². The zero-order valence-corrected chi connectivity index (χ0v) is 12.6. The van der Waals surface area contributed by atoms with E-state index in [-0.39, 0.29) is 18.5 Å². The van der Waals surface area contributed by atoms with Crippen LogP contribution in [0.5, 0.6) is 0 Å². The Kier molecular flexibility index (Phi) is 4.15. The second-order valence-corrected chi connectivity index (χ2v) is 5.85. The Morgan fingerprint density at radius 2 is 2.09 bits per heavy atom. The van der Waals surface area contributed by atoms with E-state index in [1.807, 2.05) is 6.07 Å². The molecule has 0 bridgehead atoms. The van der Waals surface area contributed by atoms with Crippen LogP contribution in [0.2, 0.25) is 0 Å². The second-order valence-electron chi connectivity index (χ2n) is 5.85. The predicted molar refractivity (Wildman–Crippen MR) is 84.3 cm³/mol. The molecule has 22 heavy (non-hydrogen) atoms. The van der Waals surface area contributed by atoms with Gasteiger partial charge in [0.2, 0.25) is 5.91 Å². The average Bonchev–Trinajstić information content (AvgIpc) is 2.52. The molecule has 0 aromatic carbocycles. The van der Waals surface area contributed by atoms with Crippen LogP contribution < -0.4 is 16.0 Å². The largest absolute Gasteiger partial charge is 0.369 e. The number of hydrogen-bond donors (Lipinski definition) is 2. The van der Waals surface area contributed by atoms with Crippen molar-refractivity contribution in [2.75, 3.05) is 24.5 Å². The first kappa shape index (κ1) is 14.6. The van der Waals surface area contributed by atoms with Gasteiger partial charge in [0.05, 0.1) is 12.2 Å². The number of rotatable bonds is 4. The maximum atomic E-state index is 11.0. The summed E-state index contributed by atoms with van der Waals surface area (Å²) in [5, 5.41) is 3.23. The van der Waals surface area contributed by atoms with Gasteiger partial charge in [0.1, 0.15) is 5.52 Å². The lowest BCUT2D eigenvalue weighted by Gasteiger charge is -2.38. The molecule has 3 heterocycles. The molecule has 116 valence electrons. The number of fused-ring (bicyclic) bond motifs is 1. The van der Waals surface area contributed by atoms with Crippen molar-refractivity contribution in [3.05, 3.63) is 24.7 Å². The maximum absolute atomic E-state index is 11.0. The van der Waals surface area contributed by atoms with E-state index in [4.69, 9.17) is 5.73 Å². The lowest BCUT2D eigenvalue weighted by atomic mass is 9.95. The number of nitrogens with zero attached hydrogens (tertiary/aromatic N) is 4. The molecule has 0 aliphatic carbocycles. The van der Waals surface area contributed by atoms with Gasteiger partial charge in [-0.1, -0.05) is 6.92 Å². The molecule has 2 atom stereocenters. The Morgan fingerprint density at radius 3 is 2.91 bits per heavy atom. The molecule has 3 N–H and O–H groups in total. The fourth-order valence-corrected chi connectivity index (χ4v) is 3.06. The Bertz CT molecular complexity index is 671. The van der Waals surface area contributed by atoms with Crippen LogP contribution in [0, 0.1) is 5.92 Å². The van der Waals surface area contributed by atoms with Crippen LogP contribution in [0.15, 0.2) is 24.7 Å². The van der Waals surface area contributed by atoms with Gasteiger partial charge in [-0.05, 0) is 18.4 Å². The van der Waals surface area contributed by atoms with E-state index in [0.29, 0.717) is 11.6 Å². The van der Waals surface area contributed by atoms with E-state index in [2.05, 4.69) is 32.1 Å². The molecule has 1 saturated heterocycles. The lowest BCUT2D eigenvalue weighted by Crippen LogP contribution is -2.50. The van der Waals surface area contributed by atoms with E-state index < -0.39 is 0 Å². The van der Waals surface area contributed by atoms with Crippen molar-refractivity contribution < 1.29 is 4.79 Å². The van der Waals surface area contributed by atoms with Crippen molar-refractivity contribution in [2.24, 2.45) is 11.7 Å². The van der Waals surface area contributed by atoms with Gasteiger partial charge in [0.15, 0.2) is 5.65 Å².